The summed E-state index contributed by atoms with van der Waals surface area (Å²) < 4.78 is 31.8. The minimum Gasteiger partial charge on any atom is -0.497 e. The molecule has 0 radical (unpaired) electrons. The lowest BCUT2D eigenvalue weighted by molar-refractivity contribution is 0.102. The molecule has 0 atom stereocenters. The van der Waals surface area contributed by atoms with Crippen LogP contribution in [0.25, 0.3) is 6.08 Å². The van der Waals surface area contributed by atoms with E-state index in [1.54, 1.807) is 43.5 Å². The lowest BCUT2D eigenvalue weighted by Gasteiger charge is -2.19. The molecule has 2 aromatic carbocycles. The second kappa shape index (κ2) is 5.31. The maximum Gasteiger partial charge on any atom is 0.262 e. The number of carbonyl (C=O) groups is 1. The number of hydrogen-bond acceptors (Lipinski definition) is 4. The second-order valence-corrected chi connectivity index (χ2v) is 6.41. The molecule has 0 saturated carbocycles. The average molecular weight is 315 g/mol. The number of allylic oxidation sites excluding steroid dienone is 1. The van der Waals surface area contributed by atoms with Crippen molar-refractivity contribution in [2.24, 2.45) is 0 Å². The number of hydrogen-bond donors (Lipinski definition) is 1. The first-order valence-corrected chi connectivity index (χ1v) is 8.02. The molecule has 1 aliphatic heterocycles. The van der Waals surface area contributed by atoms with Gasteiger partial charge < -0.3 is 4.74 Å². The van der Waals surface area contributed by atoms with E-state index >= 15 is 0 Å². The van der Waals surface area contributed by atoms with E-state index in [4.69, 9.17) is 4.74 Å². The Morgan fingerprint density at radius 2 is 1.73 bits per heavy atom. The van der Waals surface area contributed by atoms with Crippen molar-refractivity contribution < 1.29 is 17.9 Å². The molecule has 1 heterocycles. The van der Waals surface area contributed by atoms with Crippen LogP contribution in [0.2, 0.25) is 0 Å². The van der Waals surface area contributed by atoms with Gasteiger partial charge in [0.1, 0.15) is 5.75 Å². The van der Waals surface area contributed by atoms with E-state index in [-0.39, 0.29) is 21.9 Å². The van der Waals surface area contributed by atoms with Crippen LogP contribution in [0.5, 0.6) is 5.75 Å². The number of rotatable bonds is 2. The fourth-order valence-electron chi connectivity index (χ4n) is 2.24. The van der Waals surface area contributed by atoms with Crippen molar-refractivity contribution in [2.45, 2.75) is 4.90 Å². The van der Waals surface area contributed by atoms with E-state index in [0.29, 0.717) is 11.3 Å². The summed E-state index contributed by atoms with van der Waals surface area (Å²) in [6, 6.07) is 13.1. The molecule has 1 N–H and O–H groups in total. The van der Waals surface area contributed by atoms with Crippen LogP contribution in [0, 0.1) is 0 Å². The maximum atomic E-state index is 12.4. The van der Waals surface area contributed by atoms with Crippen LogP contribution >= 0.6 is 0 Å². The highest BCUT2D eigenvalue weighted by molar-refractivity contribution is 7.90. The molecule has 6 heteroatoms. The number of nitrogens with one attached hydrogen (secondary N) is 1. The van der Waals surface area contributed by atoms with Gasteiger partial charge in [0.25, 0.3) is 10.0 Å². The van der Waals surface area contributed by atoms with Crippen molar-refractivity contribution >= 4 is 21.9 Å². The normalized spacial score (nSPS) is 17.7. The van der Waals surface area contributed by atoms with Crippen LogP contribution in [-0.4, -0.2) is 21.3 Å². The molecule has 22 heavy (non-hydrogen) atoms. The SMILES string of the molecule is COc1ccc(/C=C2/NS(=O)(=O)c3ccccc3C2=O)cc1. The summed E-state index contributed by atoms with van der Waals surface area (Å²) in [6.45, 7) is 0. The summed E-state index contributed by atoms with van der Waals surface area (Å²) in [6.07, 6.45) is 1.51. The Morgan fingerprint density at radius 3 is 2.41 bits per heavy atom. The first-order valence-electron chi connectivity index (χ1n) is 6.53. The van der Waals surface area contributed by atoms with Gasteiger partial charge in [0, 0.05) is 5.56 Å². The average Bonchev–Trinajstić information content (AvgIpc) is 2.53. The number of benzene rings is 2. The lowest BCUT2D eigenvalue weighted by Crippen LogP contribution is -2.34. The predicted octanol–water partition coefficient (Wildman–Crippen LogP) is 2.21. The molecule has 0 saturated heterocycles. The molecule has 0 aliphatic carbocycles. The molecule has 0 fully saturated rings. The third-order valence-corrected chi connectivity index (χ3v) is 4.76. The Balaban J connectivity index is 2.06. The molecule has 0 aromatic heterocycles. The van der Waals surface area contributed by atoms with E-state index in [2.05, 4.69) is 4.72 Å². The van der Waals surface area contributed by atoms with Gasteiger partial charge in [-0.3, -0.25) is 9.52 Å². The summed E-state index contributed by atoms with van der Waals surface area (Å²) >= 11 is 0. The Labute approximate surface area is 128 Å². The third-order valence-electron chi connectivity index (χ3n) is 3.34. The number of Topliss-reactive ketones (excluding diaryl/α,β-unsaturated/α-hetero) is 1. The van der Waals surface area contributed by atoms with Crippen LogP contribution in [-0.2, 0) is 10.0 Å². The Morgan fingerprint density at radius 1 is 1.05 bits per heavy atom. The fourth-order valence-corrected chi connectivity index (χ4v) is 3.50. The zero-order valence-electron chi connectivity index (χ0n) is 11.7. The lowest BCUT2D eigenvalue weighted by atomic mass is 10.1. The zero-order chi connectivity index (χ0) is 15.7. The molecule has 3 rings (SSSR count). The van der Waals surface area contributed by atoms with Gasteiger partial charge in [0.15, 0.2) is 0 Å². The zero-order valence-corrected chi connectivity index (χ0v) is 12.6. The van der Waals surface area contributed by atoms with Crippen LogP contribution < -0.4 is 9.46 Å². The molecule has 1 aliphatic rings. The minimum atomic E-state index is -3.72. The standard InChI is InChI=1S/C16H13NO4S/c1-21-12-8-6-11(7-9-12)10-14-16(18)13-4-2-3-5-15(13)22(19,20)17-14/h2-10,17H,1H3/b14-10+. The summed E-state index contributed by atoms with van der Waals surface area (Å²) in [5.74, 6) is 0.337. The third kappa shape index (κ3) is 2.48. The van der Waals surface area contributed by atoms with Gasteiger partial charge in [-0.15, -0.1) is 0 Å². The number of methoxy groups -OCH3 is 1. The number of ketones is 1. The summed E-state index contributed by atoms with van der Waals surface area (Å²) in [4.78, 5) is 12.4. The van der Waals surface area contributed by atoms with Gasteiger partial charge in [-0.25, -0.2) is 8.42 Å². The van der Waals surface area contributed by atoms with Crippen LogP contribution in [0.1, 0.15) is 15.9 Å². The highest BCUT2D eigenvalue weighted by atomic mass is 32.2. The quantitative estimate of drug-likeness (QED) is 0.863. The van der Waals surface area contributed by atoms with E-state index < -0.39 is 10.0 Å². The van der Waals surface area contributed by atoms with Crippen molar-refractivity contribution in [1.82, 2.24) is 4.72 Å². The highest BCUT2D eigenvalue weighted by Crippen LogP contribution is 2.25. The van der Waals surface area contributed by atoms with Crippen molar-refractivity contribution in [2.75, 3.05) is 7.11 Å². The van der Waals surface area contributed by atoms with Gasteiger partial charge in [-0.1, -0.05) is 24.3 Å². The maximum absolute atomic E-state index is 12.4. The molecular formula is C16H13NO4S. The largest absolute Gasteiger partial charge is 0.497 e. The first-order chi connectivity index (χ1) is 10.5. The number of ether oxygens (including phenoxy) is 1. The smallest absolute Gasteiger partial charge is 0.262 e. The Bertz CT molecular complexity index is 867. The van der Waals surface area contributed by atoms with E-state index in [9.17, 15) is 13.2 Å². The minimum absolute atomic E-state index is 0.00637. The molecule has 5 nitrogen and oxygen atoms in total. The molecular weight excluding hydrogens is 302 g/mol. The second-order valence-electron chi connectivity index (χ2n) is 4.76. The molecule has 0 unspecified atom stereocenters. The number of carbonyl (C=O) groups excluding carboxylic acids is 1. The van der Waals surface area contributed by atoms with Gasteiger partial charge in [0.05, 0.1) is 17.7 Å². The Kier molecular flexibility index (Phi) is 3.46. The van der Waals surface area contributed by atoms with Crippen LogP contribution in [0.3, 0.4) is 0 Å². The van der Waals surface area contributed by atoms with Crippen molar-refractivity contribution in [3.05, 3.63) is 65.4 Å². The Hall–Kier alpha value is -2.60. The van der Waals surface area contributed by atoms with Gasteiger partial charge in [0.2, 0.25) is 5.78 Å². The molecule has 0 bridgehead atoms. The van der Waals surface area contributed by atoms with E-state index in [1.165, 1.54) is 18.2 Å². The van der Waals surface area contributed by atoms with E-state index in [1.807, 2.05) is 0 Å². The van der Waals surface area contributed by atoms with Crippen molar-refractivity contribution in [3.8, 4) is 5.75 Å². The van der Waals surface area contributed by atoms with Gasteiger partial charge in [-0.2, -0.15) is 0 Å². The van der Waals surface area contributed by atoms with Gasteiger partial charge in [-0.05, 0) is 35.9 Å². The summed E-state index contributed by atoms with van der Waals surface area (Å²) in [5.41, 5.74) is 0.913. The predicted molar refractivity (Wildman–Crippen MR) is 82.1 cm³/mol. The first kappa shape index (κ1) is 14.3. The summed E-state index contributed by atoms with van der Waals surface area (Å²) in [5, 5.41) is 0. The monoisotopic (exact) mass is 315 g/mol. The van der Waals surface area contributed by atoms with Crippen molar-refractivity contribution in [3.63, 3.8) is 0 Å². The van der Waals surface area contributed by atoms with E-state index in [0.717, 1.165) is 0 Å². The molecule has 2 aromatic rings. The highest BCUT2D eigenvalue weighted by Gasteiger charge is 2.31. The van der Waals surface area contributed by atoms with Crippen LogP contribution in [0.4, 0.5) is 0 Å². The summed E-state index contributed by atoms with van der Waals surface area (Å²) in [7, 11) is -2.16. The molecule has 0 amide bonds. The fraction of sp³-hybridized carbons (Fsp3) is 0.0625. The molecule has 0 spiro atoms. The number of sulfonamides is 1. The van der Waals surface area contributed by atoms with Gasteiger partial charge >= 0.3 is 0 Å². The topological polar surface area (TPSA) is 72.5 Å². The van der Waals surface area contributed by atoms with Crippen LogP contribution in [0.15, 0.2) is 59.1 Å². The number of fused-ring (bicyclic) bond motifs is 1. The van der Waals surface area contributed by atoms with Crippen molar-refractivity contribution in [1.29, 1.82) is 0 Å². The molecule has 112 valence electrons.